The maximum absolute atomic E-state index is 10.3. The third kappa shape index (κ3) is 2.37. The second kappa shape index (κ2) is 5.27. The standard InChI is InChI=1S/C16H16OSe/c17-15-11-10-12-6-4-5-9-14(12)16(15)18-13-7-2-1-3-8-13/h1-9,15-17H,10-11H2/t15-,16-/m0/s1. The number of aryl methyl sites for hydroxylation is 1. The van der Waals surface area contributed by atoms with Crippen LogP contribution in [0.15, 0.2) is 54.6 Å². The number of aliphatic hydroxyl groups excluding tert-OH is 1. The Hall–Kier alpha value is -1.08. The van der Waals surface area contributed by atoms with Crippen molar-refractivity contribution in [1.29, 1.82) is 0 Å². The van der Waals surface area contributed by atoms with Gasteiger partial charge in [0.15, 0.2) is 0 Å². The quantitative estimate of drug-likeness (QED) is 0.842. The summed E-state index contributed by atoms with van der Waals surface area (Å²) in [5.41, 5.74) is 2.78. The molecule has 0 bridgehead atoms. The fraction of sp³-hybridized carbons (Fsp3) is 0.250. The first-order valence-corrected chi connectivity index (χ1v) is 8.17. The van der Waals surface area contributed by atoms with Gasteiger partial charge < -0.3 is 0 Å². The SMILES string of the molecule is O[C@H]1CCc2ccccc2[C@@H]1[Se]c1ccccc1. The van der Waals surface area contributed by atoms with Crippen molar-refractivity contribution >= 4 is 19.4 Å². The van der Waals surface area contributed by atoms with E-state index in [0.717, 1.165) is 12.8 Å². The van der Waals surface area contributed by atoms with Gasteiger partial charge in [-0.1, -0.05) is 0 Å². The Morgan fingerprint density at radius 2 is 1.67 bits per heavy atom. The van der Waals surface area contributed by atoms with Gasteiger partial charge in [-0.25, -0.2) is 0 Å². The molecule has 18 heavy (non-hydrogen) atoms. The number of hydrogen-bond acceptors (Lipinski definition) is 1. The van der Waals surface area contributed by atoms with Crippen molar-refractivity contribution < 1.29 is 5.11 Å². The molecule has 0 heterocycles. The Balaban J connectivity index is 1.91. The molecule has 2 aromatic carbocycles. The van der Waals surface area contributed by atoms with Gasteiger partial charge in [0.25, 0.3) is 0 Å². The molecule has 0 spiro atoms. The first-order valence-electron chi connectivity index (χ1n) is 6.32. The van der Waals surface area contributed by atoms with E-state index in [1.807, 2.05) is 6.07 Å². The van der Waals surface area contributed by atoms with Crippen LogP contribution in [0.25, 0.3) is 0 Å². The molecule has 0 saturated heterocycles. The number of rotatable bonds is 2. The molecule has 0 amide bonds. The summed E-state index contributed by atoms with van der Waals surface area (Å²) in [5.74, 6) is 0. The van der Waals surface area contributed by atoms with Gasteiger partial charge in [0.2, 0.25) is 0 Å². The van der Waals surface area contributed by atoms with Crippen molar-refractivity contribution in [2.75, 3.05) is 0 Å². The van der Waals surface area contributed by atoms with Crippen LogP contribution in [0.5, 0.6) is 0 Å². The molecular formula is C16H16OSe. The van der Waals surface area contributed by atoms with Gasteiger partial charge in [0.05, 0.1) is 0 Å². The van der Waals surface area contributed by atoms with Crippen LogP contribution in [-0.4, -0.2) is 26.2 Å². The average Bonchev–Trinajstić information content (AvgIpc) is 2.43. The van der Waals surface area contributed by atoms with Crippen molar-refractivity contribution in [3.63, 3.8) is 0 Å². The van der Waals surface area contributed by atoms with Gasteiger partial charge >= 0.3 is 114 Å². The Morgan fingerprint density at radius 3 is 2.50 bits per heavy atom. The first-order chi connectivity index (χ1) is 8.84. The fourth-order valence-electron chi connectivity index (χ4n) is 2.49. The number of fused-ring (bicyclic) bond motifs is 1. The molecule has 1 N–H and O–H groups in total. The monoisotopic (exact) mass is 304 g/mol. The second-order valence-corrected chi connectivity index (χ2v) is 7.21. The van der Waals surface area contributed by atoms with E-state index in [2.05, 4.69) is 48.5 Å². The Labute approximate surface area is 114 Å². The average molecular weight is 303 g/mol. The zero-order valence-corrected chi connectivity index (χ0v) is 11.8. The van der Waals surface area contributed by atoms with Gasteiger partial charge in [0.1, 0.15) is 0 Å². The summed E-state index contributed by atoms with van der Waals surface area (Å²) < 4.78 is 1.37. The van der Waals surface area contributed by atoms with Crippen LogP contribution in [0, 0.1) is 0 Å². The Bertz CT molecular complexity index is 524. The van der Waals surface area contributed by atoms with E-state index in [9.17, 15) is 5.11 Å². The van der Waals surface area contributed by atoms with Gasteiger partial charge in [-0.15, -0.1) is 0 Å². The second-order valence-electron chi connectivity index (χ2n) is 4.66. The summed E-state index contributed by atoms with van der Waals surface area (Å²) in [4.78, 5) is 0.310. The normalized spacial score (nSPS) is 22.5. The molecular weight excluding hydrogens is 287 g/mol. The number of aliphatic hydroxyl groups is 1. The molecule has 0 radical (unpaired) electrons. The molecule has 2 aromatic rings. The van der Waals surface area contributed by atoms with Crippen molar-refractivity contribution in [1.82, 2.24) is 0 Å². The van der Waals surface area contributed by atoms with Gasteiger partial charge in [-0.3, -0.25) is 0 Å². The third-order valence-corrected chi connectivity index (χ3v) is 6.29. The van der Waals surface area contributed by atoms with E-state index in [1.54, 1.807) is 0 Å². The number of hydrogen-bond donors (Lipinski definition) is 1. The Kier molecular flexibility index (Phi) is 3.51. The predicted molar refractivity (Wildman–Crippen MR) is 75.3 cm³/mol. The zero-order valence-electron chi connectivity index (χ0n) is 10.1. The van der Waals surface area contributed by atoms with Crippen molar-refractivity contribution in [2.24, 2.45) is 0 Å². The molecule has 1 nitrogen and oxygen atoms in total. The van der Waals surface area contributed by atoms with Crippen LogP contribution in [0.4, 0.5) is 0 Å². The first kappa shape index (κ1) is 12.0. The molecule has 0 saturated carbocycles. The van der Waals surface area contributed by atoms with E-state index < -0.39 is 0 Å². The summed E-state index contributed by atoms with van der Waals surface area (Å²) >= 11 is 0.303. The van der Waals surface area contributed by atoms with Crippen molar-refractivity contribution in [2.45, 2.75) is 23.8 Å². The van der Waals surface area contributed by atoms with Gasteiger partial charge in [-0.05, 0) is 0 Å². The third-order valence-electron chi connectivity index (χ3n) is 3.43. The zero-order chi connectivity index (χ0) is 12.4. The molecule has 0 fully saturated rings. The molecule has 0 aliphatic heterocycles. The molecule has 0 aromatic heterocycles. The van der Waals surface area contributed by atoms with Crippen LogP contribution in [0.3, 0.4) is 0 Å². The van der Waals surface area contributed by atoms with E-state index in [-0.39, 0.29) is 6.10 Å². The molecule has 2 atom stereocenters. The Morgan fingerprint density at radius 1 is 0.944 bits per heavy atom. The fourth-order valence-corrected chi connectivity index (χ4v) is 5.13. The minimum atomic E-state index is -0.180. The molecule has 0 unspecified atom stereocenters. The molecule has 92 valence electrons. The van der Waals surface area contributed by atoms with Crippen LogP contribution in [-0.2, 0) is 6.42 Å². The molecule has 2 heteroatoms. The van der Waals surface area contributed by atoms with Crippen molar-refractivity contribution in [3.8, 4) is 0 Å². The molecule has 3 rings (SSSR count). The van der Waals surface area contributed by atoms with Gasteiger partial charge in [0, 0.05) is 0 Å². The van der Waals surface area contributed by atoms with E-state index in [0.29, 0.717) is 19.8 Å². The molecule has 1 aliphatic carbocycles. The van der Waals surface area contributed by atoms with Gasteiger partial charge in [-0.2, -0.15) is 0 Å². The van der Waals surface area contributed by atoms with Crippen LogP contribution in [0.1, 0.15) is 22.4 Å². The van der Waals surface area contributed by atoms with Crippen LogP contribution < -0.4 is 4.46 Å². The summed E-state index contributed by atoms with van der Waals surface area (Å²) in [7, 11) is 0. The number of benzene rings is 2. The maximum atomic E-state index is 10.3. The van der Waals surface area contributed by atoms with Crippen molar-refractivity contribution in [3.05, 3.63) is 65.7 Å². The topological polar surface area (TPSA) is 20.2 Å². The summed E-state index contributed by atoms with van der Waals surface area (Å²) in [6.07, 6.45) is 1.73. The predicted octanol–water partition coefficient (Wildman–Crippen LogP) is 2.06. The summed E-state index contributed by atoms with van der Waals surface area (Å²) in [5, 5.41) is 10.3. The molecule has 1 aliphatic rings. The van der Waals surface area contributed by atoms with Crippen LogP contribution >= 0.6 is 0 Å². The minimum absolute atomic E-state index is 0.180. The van der Waals surface area contributed by atoms with E-state index in [4.69, 9.17) is 0 Å². The van der Waals surface area contributed by atoms with E-state index >= 15 is 0 Å². The summed E-state index contributed by atoms with van der Waals surface area (Å²) in [6, 6.07) is 19.1. The van der Waals surface area contributed by atoms with Crippen LogP contribution in [0.2, 0.25) is 0 Å². The summed E-state index contributed by atoms with van der Waals surface area (Å²) in [6.45, 7) is 0. The van der Waals surface area contributed by atoms with E-state index in [1.165, 1.54) is 15.6 Å².